The van der Waals surface area contributed by atoms with Crippen LogP contribution >= 0.6 is 24.0 Å². The molecule has 1 unspecified atom stereocenters. The van der Waals surface area contributed by atoms with Crippen molar-refractivity contribution in [3.05, 3.63) is 58.9 Å². The Labute approximate surface area is 182 Å². The van der Waals surface area contributed by atoms with Crippen LogP contribution in [0.25, 0.3) is 0 Å². The second-order valence-electron chi connectivity index (χ2n) is 7.58. The first-order chi connectivity index (χ1) is 13.6. The average molecular weight is 438 g/mol. The predicted molar refractivity (Wildman–Crippen MR) is 119 cm³/mol. The summed E-state index contributed by atoms with van der Waals surface area (Å²) in [5, 5.41) is 3.63. The van der Waals surface area contributed by atoms with Crippen molar-refractivity contribution in [2.45, 2.75) is 25.2 Å². The molecule has 156 valence electrons. The second kappa shape index (κ2) is 9.79. The molecular weight excluding hydrogens is 412 g/mol. The lowest BCUT2D eigenvalue weighted by molar-refractivity contribution is -0.117. The molecule has 1 saturated heterocycles. The molecule has 4 rings (SSSR count). The third-order valence-electron chi connectivity index (χ3n) is 5.73. The zero-order chi connectivity index (χ0) is 19.5. The highest BCUT2D eigenvalue weighted by Gasteiger charge is 2.30. The molecule has 0 bridgehead atoms. The number of hydrogen-bond acceptors (Lipinski definition) is 3. The van der Waals surface area contributed by atoms with E-state index in [4.69, 9.17) is 11.6 Å². The van der Waals surface area contributed by atoms with Crippen molar-refractivity contribution in [2.24, 2.45) is 0 Å². The van der Waals surface area contributed by atoms with E-state index in [-0.39, 0.29) is 30.0 Å². The Balaban J connectivity index is 0.00000240. The molecule has 2 aromatic carbocycles. The summed E-state index contributed by atoms with van der Waals surface area (Å²) < 4.78 is 13.5. The summed E-state index contributed by atoms with van der Waals surface area (Å²) in [6.07, 6.45) is 2.78. The predicted octanol–water partition coefficient (Wildman–Crippen LogP) is 4.93. The number of halogens is 3. The van der Waals surface area contributed by atoms with Crippen LogP contribution in [0.2, 0.25) is 5.02 Å². The fraction of sp³-hybridized carbons (Fsp3) is 0.409. The highest BCUT2D eigenvalue weighted by Crippen LogP contribution is 2.36. The lowest BCUT2D eigenvalue weighted by Crippen LogP contribution is -2.46. The normalized spacial score (nSPS) is 18.9. The van der Waals surface area contributed by atoms with Crippen molar-refractivity contribution in [1.29, 1.82) is 0 Å². The van der Waals surface area contributed by atoms with Gasteiger partial charge >= 0.3 is 0 Å². The van der Waals surface area contributed by atoms with E-state index in [1.165, 1.54) is 17.8 Å². The van der Waals surface area contributed by atoms with Gasteiger partial charge in [-0.1, -0.05) is 24.1 Å². The van der Waals surface area contributed by atoms with Crippen molar-refractivity contribution >= 4 is 41.3 Å². The van der Waals surface area contributed by atoms with E-state index in [1.807, 2.05) is 18.2 Å². The van der Waals surface area contributed by atoms with E-state index in [1.54, 1.807) is 6.07 Å². The van der Waals surface area contributed by atoms with Gasteiger partial charge in [0.05, 0.1) is 5.92 Å². The summed E-state index contributed by atoms with van der Waals surface area (Å²) in [4.78, 5) is 17.0. The van der Waals surface area contributed by atoms with Crippen LogP contribution in [0.4, 0.5) is 15.8 Å². The molecule has 1 N–H and O–H groups in total. The Bertz CT molecular complexity index is 856. The maximum absolute atomic E-state index is 13.5. The monoisotopic (exact) mass is 437 g/mol. The Kier molecular flexibility index (Phi) is 7.38. The van der Waals surface area contributed by atoms with Gasteiger partial charge in [-0.3, -0.25) is 9.69 Å². The summed E-state index contributed by atoms with van der Waals surface area (Å²) in [5.41, 5.74) is 2.75. The summed E-state index contributed by atoms with van der Waals surface area (Å²) >= 11 is 6.10. The van der Waals surface area contributed by atoms with Crippen LogP contribution in [0.15, 0.2) is 42.5 Å². The number of amides is 1. The van der Waals surface area contributed by atoms with Crippen LogP contribution in [-0.2, 0) is 4.79 Å². The number of anilines is 2. The van der Waals surface area contributed by atoms with Crippen molar-refractivity contribution < 1.29 is 9.18 Å². The van der Waals surface area contributed by atoms with Gasteiger partial charge in [0.25, 0.3) is 0 Å². The molecule has 0 aromatic heterocycles. The zero-order valence-corrected chi connectivity index (χ0v) is 17.8. The van der Waals surface area contributed by atoms with Gasteiger partial charge in [0.2, 0.25) is 5.91 Å². The molecule has 0 saturated carbocycles. The smallest absolute Gasteiger partial charge is 0.232 e. The summed E-state index contributed by atoms with van der Waals surface area (Å²) in [7, 11) is 0. The van der Waals surface area contributed by atoms with Crippen LogP contribution in [0.5, 0.6) is 0 Å². The fourth-order valence-corrected chi connectivity index (χ4v) is 4.35. The number of carbonyl (C=O) groups is 1. The Hall–Kier alpha value is -1.82. The van der Waals surface area contributed by atoms with Crippen LogP contribution in [0.1, 0.15) is 30.7 Å². The van der Waals surface area contributed by atoms with Crippen LogP contribution in [-0.4, -0.2) is 43.5 Å². The van der Waals surface area contributed by atoms with Crippen LogP contribution < -0.4 is 10.2 Å². The molecule has 0 aliphatic carbocycles. The van der Waals surface area contributed by atoms with E-state index < -0.39 is 0 Å². The number of unbranched alkanes of at least 4 members (excludes halogenated alkanes) is 1. The van der Waals surface area contributed by atoms with E-state index >= 15 is 0 Å². The topological polar surface area (TPSA) is 35.6 Å². The van der Waals surface area contributed by atoms with Crippen molar-refractivity contribution in [3.8, 4) is 0 Å². The third kappa shape index (κ3) is 5.21. The van der Waals surface area contributed by atoms with E-state index in [9.17, 15) is 9.18 Å². The molecule has 2 heterocycles. The second-order valence-corrected chi connectivity index (χ2v) is 8.01. The SMILES string of the molecule is Cl.O=C1Nc2ccc(F)cc2C1CCCCN1CCN(c2cccc(Cl)c2)CC1. The highest BCUT2D eigenvalue weighted by molar-refractivity contribution is 6.30. The van der Waals surface area contributed by atoms with Gasteiger partial charge in [-0.2, -0.15) is 0 Å². The molecule has 2 aromatic rings. The molecule has 2 aliphatic heterocycles. The standard InChI is InChI=1S/C22H25ClFN3O.ClH/c23-16-4-3-5-18(14-16)27-12-10-26(11-13-27)9-2-1-6-19-20-15-17(24)7-8-21(20)25-22(19)28;/h3-5,7-8,14-15,19H,1-2,6,9-13H2,(H,25,28);1H. The Morgan fingerprint density at radius 2 is 1.86 bits per heavy atom. The Morgan fingerprint density at radius 3 is 2.62 bits per heavy atom. The summed E-state index contributed by atoms with van der Waals surface area (Å²) in [5.74, 6) is -0.501. The molecular formula is C22H26Cl2FN3O. The highest BCUT2D eigenvalue weighted by atomic mass is 35.5. The number of nitrogens with zero attached hydrogens (tertiary/aromatic N) is 2. The maximum Gasteiger partial charge on any atom is 0.232 e. The number of carbonyl (C=O) groups excluding carboxylic acids is 1. The fourth-order valence-electron chi connectivity index (χ4n) is 4.17. The summed E-state index contributed by atoms with van der Waals surface area (Å²) in [6, 6.07) is 12.6. The lowest BCUT2D eigenvalue weighted by Gasteiger charge is -2.36. The molecule has 0 spiro atoms. The van der Waals surface area contributed by atoms with Gasteiger partial charge in [0.15, 0.2) is 0 Å². The first-order valence-corrected chi connectivity index (χ1v) is 10.3. The molecule has 2 aliphatic rings. The molecule has 7 heteroatoms. The Morgan fingerprint density at radius 1 is 1.07 bits per heavy atom. The largest absolute Gasteiger partial charge is 0.369 e. The number of benzene rings is 2. The third-order valence-corrected chi connectivity index (χ3v) is 5.96. The van der Waals surface area contributed by atoms with Crippen molar-refractivity contribution in [3.63, 3.8) is 0 Å². The molecule has 1 atom stereocenters. The van der Waals surface area contributed by atoms with Gasteiger partial charge in [-0.05, 0) is 61.3 Å². The first kappa shape index (κ1) is 21.9. The minimum absolute atomic E-state index is 0. The number of nitrogens with one attached hydrogen (secondary N) is 1. The average Bonchev–Trinajstić information content (AvgIpc) is 3.00. The van der Waals surface area contributed by atoms with Crippen molar-refractivity contribution in [1.82, 2.24) is 4.90 Å². The molecule has 0 radical (unpaired) electrons. The number of piperazine rings is 1. The number of rotatable bonds is 6. The minimum Gasteiger partial charge on any atom is -0.369 e. The molecule has 1 fully saturated rings. The van der Waals surface area contributed by atoms with Crippen LogP contribution in [0, 0.1) is 5.82 Å². The molecule has 4 nitrogen and oxygen atoms in total. The maximum atomic E-state index is 13.5. The minimum atomic E-state index is -0.280. The van der Waals surface area contributed by atoms with Gasteiger partial charge in [0, 0.05) is 42.6 Å². The van der Waals surface area contributed by atoms with Crippen molar-refractivity contribution in [2.75, 3.05) is 42.9 Å². The zero-order valence-electron chi connectivity index (χ0n) is 16.2. The van der Waals surface area contributed by atoms with Gasteiger partial charge in [-0.25, -0.2) is 4.39 Å². The molecule has 1 amide bonds. The van der Waals surface area contributed by atoms with E-state index in [2.05, 4.69) is 21.2 Å². The lowest BCUT2D eigenvalue weighted by atomic mass is 9.95. The van der Waals surface area contributed by atoms with Crippen LogP contribution in [0.3, 0.4) is 0 Å². The van der Waals surface area contributed by atoms with E-state index in [0.717, 1.165) is 68.3 Å². The number of hydrogen-bond donors (Lipinski definition) is 1. The quantitative estimate of drug-likeness (QED) is 0.650. The summed E-state index contributed by atoms with van der Waals surface area (Å²) in [6.45, 7) is 5.10. The van der Waals surface area contributed by atoms with Gasteiger partial charge < -0.3 is 10.2 Å². The van der Waals surface area contributed by atoms with Gasteiger partial charge in [0.1, 0.15) is 5.82 Å². The number of fused-ring (bicyclic) bond motifs is 1. The molecule has 29 heavy (non-hydrogen) atoms. The van der Waals surface area contributed by atoms with E-state index in [0.29, 0.717) is 0 Å². The van der Waals surface area contributed by atoms with Gasteiger partial charge in [-0.15, -0.1) is 12.4 Å². The first-order valence-electron chi connectivity index (χ1n) is 9.93.